The molecule has 0 spiro atoms. The summed E-state index contributed by atoms with van der Waals surface area (Å²) in [6, 6.07) is 4.38. The Bertz CT molecular complexity index is 261. The summed E-state index contributed by atoms with van der Waals surface area (Å²) in [5.74, 6) is 0.131. The first kappa shape index (κ1) is 12.0. The van der Waals surface area contributed by atoms with Gasteiger partial charge in [0.05, 0.1) is 0 Å². The van der Waals surface area contributed by atoms with Gasteiger partial charge in [-0.05, 0) is 30.1 Å². The van der Waals surface area contributed by atoms with E-state index in [1.165, 1.54) is 18.2 Å². The van der Waals surface area contributed by atoms with Gasteiger partial charge in [0.25, 0.3) is 0 Å². The fourth-order valence-corrected chi connectivity index (χ4v) is 0.950. The lowest BCUT2D eigenvalue weighted by Crippen LogP contribution is -2.31. The van der Waals surface area contributed by atoms with Gasteiger partial charge in [-0.1, -0.05) is 19.9 Å². The van der Waals surface area contributed by atoms with Crippen molar-refractivity contribution < 1.29 is 15.2 Å². The van der Waals surface area contributed by atoms with Crippen LogP contribution in [0.25, 0.3) is 0 Å². The maximum Gasteiger partial charge on any atom is 0.488 e. The molecule has 0 aliphatic rings. The number of phenolic OH excluding ortho intramolecular Hbond substituents is 1. The Morgan fingerprint density at radius 3 is 2.08 bits per heavy atom. The third-order valence-corrected chi connectivity index (χ3v) is 1.53. The van der Waals surface area contributed by atoms with E-state index in [2.05, 4.69) is 0 Å². The second-order valence-electron chi connectivity index (χ2n) is 2.41. The SMILES string of the molecule is CC.Cc1cc(O)ccc1B(O)O. The smallest absolute Gasteiger partial charge is 0.488 e. The summed E-state index contributed by atoms with van der Waals surface area (Å²) in [4.78, 5) is 0. The monoisotopic (exact) mass is 182 g/mol. The quantitative estimate of drug-likeness (QED) is 0.551. The molecule has 0 fully saturated rings. The zero-order valence-corrected chi connectivity index (χ0v) is 8.15. The van der Waals surface area contributed by atoms with Crippen LogP contribution in [-0.2, 0) is 0 Å². The topological polar surface area (TPSA) is 60.7 Å². The Hall–Kier alpha value is -0.995. The molecule has 0 radical (unpaired) electrons. The van der Waals surface area contributed by atoms with Crippen LogP contribution >= 0.6 is 0 Å². The van der Waals surface area contributed by atoms with Crippen molar-refractivity contribution in [3.8, 4) is 5.75 Å². The van der Waals surface area contributed by atoms with Crippen LogP contribution in [0.5, 0.6) is 5.75 Å². The highest BCUT2D eigenvalue weighted by Gasteiger charge is 2.13. The van der Waals surface area contributed by atoms with E-state index in [0.717, 1.165) is 0 Å². The second-order valence-corrected chi connectivity index (χ2v) is 2.41. The number of hydrogen-bond donors (Lipinski definition) is 3. The highest BCUT2D eigenvalue weighted by molar-refractivity contribution is 6.59. The van der Waals surface area contributed by atoms with Crippen LogP contribution in [0.4, 0.5) is 0 Å². The molecule has 0 amide bonds. The standard InChI is InChI=1S/C7H9BO3.C2H6/c1-5-4-6(9)2-3-7(5)8(10)11;1-2/h2-4,9-11H,1H3;1-2H3. The highest BCUT2D eigenvalue weighted by Crippen LogP contribution is 2.07. The van der Waals surface area contributed by atoms with Crippen molar-refractivity contribution in [2.24, 2.45) is 0 Å². The van der Waals surface area contributed by atoms with Gasteiger partial charge < -0.3 is 15.2 Å². The summed E-state index contributed by atoms with van der Waals surface area (Å²) < 4.78 is 0. The number of benzene rings is 1. The third kappa shape index (κ3) is 3.48. The molecule has 1 aromatic rings. The summed E-state index contributed by atoms with van der Waals surface area (Å²) in [6.07, 6.45) is 0. The Morgan fingerprint density at radius 1 is 1.15 bits per heavy atom. The molecular formula is C9H15BO3. The van der Waals surface area contributed by atoms with Crippen molar-refractivity contribution in [1.29, 1.82) is 0 Å². The molecule has 3 nitrogen and oxygen atoms in total. The summed E-state index contributed by atoms with van der Waals surface area (Å²) in [5, 5.41) is 26.5. The van der Waals surface area contributed by atoms with Crippen molar-refractivity contribution in [2.45, 2.75) is 20.8 Å². The van der Waals surface area contributed by atoms with Crippen LogP contribution in [0.1, 0.15) is 19.4 Å². The number of hydrogen-bond acceptors (Lipinski definition) is 3. The van der Waals surface area contributed by atoms with Crippen LogP contribution in [0.15, 0.2) is 18.2 Å². The van der Waals surface area contributed by atoms with Crippen LogP contribution < -0.4 is 5.46 Å². The molecule has 1 aromatic carbocycles. The van der Waals surface area contributed by atoms with Crippen molar-refractivity contribution in [1.82, 2.24) is 0 Å². The summed E-state index contributed by atoms with van der Waals surface area (Å²) >= 11 is 0. The van der Waals surface area contributed by atoms with E-state index in [0.29, 0.717) is 11.0 Å². The molecule has 0 atom stereocenters. The average Bonchev–Trinajstić information content (AvgIpc) is 2.07. The number of rotatable bonds is 1. The van der Waals surface area contributed by atoms with Crippen LogP contribution in [0, 0.1) is 6.92 Å². The van der Waals surface area contributed by atoms with E-state index in [1.54, 1.807) is 6.92 Å². The van der Waals surface area contributed by atoms with Crippen LogP contribution in [0.3, 0.4) is 0 Å². The lowest BCUT2D eigenvalue weighted by atomic mass is 9.77. The van der Waals surface area contributed by atoms with Crippen molar-refractivity contribution in [3.63, 3.8) is 0 Å². The molecule has 0 aliphatic carbocycles. The molecule has 13 heavy (non-hydrogen) atoms. The minimum absolute atomic E-state index is 0.131. The zero-order valence-electron chi connectivity index (χ0n) is 8.15. The Kier molecular flexibility index (Phi) is 5.19. The minimum Gasteiger partial charge on any atom is -0.508 e. The van der Waals surface area contributed by atoms with Gasteiger partial charge in [-0.25, -0.2) is 0 Å². The van der Waals surface area contributed by atoms with Crippen LogP contribution in [-0.4, -0.2) is 22.3 Å². The van der Waals surface area contributed by atoms with Gasteiger partial charge in [-0.3, -0.25) is 0 Å². The van der Waals surface area contributed by atoms with Crippen LogP contribution in [0.2, 0.25) is 0 Å². The largest absolute Gasteiger partial charge is 0.508 e. The fourth-order valence-electron chi connectivity index (χ4n) is 0.950. The molecule has 4 heteroatoms. The van der Waals surface area contributed by atoms with Gasteiger partial charge in [-0.15, -0.1) is 0 Å². The average molecular weight is 182 g/mol. The minimum atomic E-state index is -1.46. The maximum atomic E-state index is 8.96. The van der Waals surface area contributed by atoms with Gasteiger partial charge in [0.1, 0.15) is 5.75 Å². The van der Waals surface area contributed by atoms with E-state index < -0.39 is 7.12 Å². The van der Waals surface area contributed by atoms with Gasteiger partial charge in [-0.2, -0.15) is 0 Å². The molecule has 1 rings (SSSR count). The molecule has 0 aromatic heterocycles. The third-order valence-electron chi connectivity index (χ3n) is 1.53. The molecule has 72 valence electrons. The molecule has 0 aliphatic heterocycles. The van der Waals surface area contributed by atoms with E-state index in [1.807, 2.05) is 13.8 Å². The zero-order chi connectivity index (χ0) is 10.4. The Labute approximate surface area is 78.8 Å². The molecule has 0 saturated heterocycles. The van der Waals surface area contributed by atoms with Gasteiger partial charge in [0, 0.05) is 0 Å². The fraction of sp³-hybridized carbons (Fsp3) is 0.333. The lowest BCUT2D eigenvalue weighted by Gasteiger charge is -2.03. The molecular weight excluding hydrogens is 167 g/mol. The molecule has 3 N–H and O–H groups in total. The van der Waals surface area contributed by atoms with E-state index in [9.17, 15) is 0 Å². The van der Waals surface area contributed by atoms with Gasteiger partial charge in [0.15, 0.2) is 0 Å². The van der Waals surface area contributed by atoms with Gasteiger partial charge in [0.2, 0.25) is 0 Å². The molecule has 0 bridgehead atoms. The predicted octanol–water partition coefficient (Wildman–Crippen LogP) is 0.407. The second kappa shape index (κ2) is 5.62. The molecule has 0 unspecified atom stereocenters. The molecule has 0 saturated carbocycles. The normalized spacial score (nSPS) is 8.69. The van der Waals surface area contributed by atoms with Crippen molar-refractivity contribution in [2.75, 3.05) is 0 Å². The Morgan fingerprint density at radius 2 is 1.69 bits per heavy atom. The first-order valence-electron chi connectivity index (χ1n) is 4.27. The maximum absolute atomic E-state index is 8.96. The van der Waals surface area contributed by atoms with E-state index >= 15 is 0 Å². The summed E-state index contributed by atoms with van der Waals surface area (Å²) in [7, 11) is -1.46. The number of aryl methyl sites for hydroxylation is 1. The number of phenols is 1. The first-order chi connectivity index (χ1) is 6.11. The van der Waals surface area contributed by atoms with Crippen molar-refractivity contribution in [3.05, 3.63) is 23.8 Å². The van der Waals surface area contributed by atoms with Gasteiger partial charge >= 0.3 is 7.12 Å². The summed E-state index contributed by atoms with van der Waals surface area (Å²) in [6.45, 7) is 5.70. The number of aromatic hydroxyl groups is 1. The van der Waals surface area contributed by atoms with E-state index in [4.69, 9.17) is 15.2 Å². The Balaban J connectivity index is 0.000000671. The predicted molar refractivity (Wildman–Crippen MR) is 54.0 cm³/mol. The van der Waals surface area contributed by atoms with E-state index in [-0.39, 0.29) is 5.75 Å². The first-order valence-corrected chi connectivity index (χ1v) is 4.27. The molecule has 0 heterocycles. The summed E-state index contributed by atoms with van der Waals surface area (Å²) in [5.41, 5.74) is 1.09. The van der Waals surface area contributed by atoms with Crippen molar-refractivity contribution >= 4 is 12.6 Å². The highest BCUT2D eigenvalue weighted by atomic mass is 16.4. The lowest BCUT2D eigenvalue weighted by molar-refractivity contribution is 0.425.